The summed E-state index contributed by atoms with van der Waals surface area (Å²) in [6.07, 6.45) is 3.33. The Bertz CT molecular complexity index is 1430. The highest BCUT2D eigenvalue weighted by Crippen LogP contribution is 2.25. The third-order valence-corrected chi connectivity index (χ3v) is 5.19. The minimum absolute atomic E-state index is 0.187. The van der Waals surface area contributed by atoms with E-state index in [1.54, 1.807) is 10.9 Å². The molecule has 1 amide bonds. The zero-order chi connectivity index (χ0) is 21.2. The molecule has 0 spiro atoms. The van der Waals surface area contributed by atoms with Gasteiger partial charge in [-0.05, 0) is 47.7 Å². The minimum Gasteiger partial charge on any atom is -0.322 e. The van der Waals surface area contributed by atoms with Gasteiger partial charge in [-0.25, -0.2) is 0 Å². The molecule has 1 heterocycles. The van der Waals surface area contributed by atoms with Crippen molar-refractivity contribution in [3.63, 3.8) is 0 Å². The van der Waals surface area contributed by atoms with Crippen molar-refractivity contribution in [3.05, 3.63) is 102 Å². The van der Waals surface area contributed by atoms with E-state index in [1.165, 1.54) is 6.08 Å². The Balaban J connectivity index is 1.46. The number of hydrogen-bond donors (Lipinski definition) is 1. The van der Waals surface area contributed by atoms with Crippen LogP contribution in [-0.4, -0.2) is 20.9 Å². The fourth-order valence-electron chi connectivity index (χ4n) is 3.60. The molecule has 5 heteroatoms. The molecule has 5 rings (SSSR count). The number of rotatable bonds is 4. The molecule has 0 bridgehead atoms. The predicted molar refractivity (Wildman–Crippen MR) is 125 cm³/mol. The molecule has 0 radical (unpaired) electrons. The van der Waals surface area contributed by atoms with Crippen molar-refractivity contribution in [2.24, 2.45) is 0 Å². The van der Waals surface area contributed by atoms with Gasteiger partial charge < -0.3 is 5.32 Å². The number of fused-ring (bicyclic) bond motifs is 2. The van der Waals surface area contributed by atoms with Gasteiger partial charge in [0.15, 0.2) is 0 Å². The molecule has 0 saturated carbocycles. The quantitative estimate of drug-likeness (QED) is 0.401. The van der Waals surface area contributed by atoms with Crippen LogP contribution in [0.15, 0.2) is 91.0 Å². The van der Waals surface area contributed by atoms with Crippen LogP contribution in [0.5, 0.6) is 0 Å². The van der Waals surface area contributed by atoms with E-state index < -0.39 is 0 Å². The van der Waals surface area contributed by atoms with E-state index in [-0.39, 0.29) is 5.91 Å². The van der Waals surface area contributed by atoms with E-state index in [0.717, 1.165) is 44.3 Å². The van der Waals surface area contributed by atoms with Crippen LogP contribution in [-0.2, 0) is 4.79 Å². The van der Waals surface area contributed by atoms with Gasteiger partial charge in [0, 0.05) is 17.1 Å². The van der Waals surface area contributed by atoms with Crippen LogP contribution in [0.25, 0.3) is 33.6 Å². The number of amides is 1. The summed E-state index contributed by atoms with van der Waals surface area (Å²) in [5.41, 5.74) is 5.05. The van der Waals surface area contributed by atoms with Crippen molar-refractivity contribution in [1.82, 2.24) is 15.0 Å². The molecule has 31 heavy (non-hydrogen) atoms. The summed E-state index contributed by atoms with van der Waals surface area (Å²) in [5, 5.41) is 14.5. The first-order valence-corrected chi connectivity index (χ1v) is 10.1. The van der Waals surface area contributed by atoms with E-state index in [0.29, 0.717) is 0 Å². The maximum absolute atomic E-state index is 12.4. The van der Waals surface area contributed by atoms with Gasteiger partial charge in [0.1, 0.15) is 11.0 Å². The number of benzene rings is 4. The Hall–Kier alpha value is -4.25. The van der Waals surface area contributed by atoms with Crippen LogP contribution >= 0.6 is 0 Å². The van der Waals surface area contributed by atoms with Gasteiger partial charge in [-0.2, -0.15) is 0 Å². The van der Waals surface area contributed by atoms with Gasteiger partial charge in [-0.15, -0.1) is 15.0 Å². The summed E-state index contributed by atoms with van der Waals surface area (Å²) >= 11 is 0. The van der Waals surface area contributed by atoms with Crippen LogP contribution in [0.3, 0.4) is 0 Å². The maximum atomic E-state index is 12.4. The summed E-state index contributed by atoms with van der Waals surface area (Å²) in [7, 11) is 0. The lowest BCUT2D eigenvalue weighted by Gasteiger charge is -2.05. The van der Waals surface area contributed by atoms with Crippen LogP contribution in [0.2, 0.25) is 0 Å². The second-order valence-electron chi connectivity index (χ2n) is 7.38. The topological polar surface area (TPSA) is 59.8 Å². The highest BCUT2D eigenvalue weighted by Gasteiger charge is 2.11. The van der Waals surface area contributed by atoms with Crippen molar-refractivity contribution in [1.29, 1.82) is 0 Å². The molecule has 5 nitrogen and oxygen atoms in total. The normalized spacial score (nSPS) is 11.4. The third-order valence-electron chi connectivity index (χ3n) is 5.19. The second kappa shape index (κ2) is 7.88. The molecule has 5 aromatic rings. The Labute approximate surface area is 179 Å². The Morgan fingerprint density at radius 1 is 0.871 bits per heavy atom. The van der Waals surface area contributed by atoms with E-state index in [4.69, 9.17) is 0 Å². The van der Waals surface area contributed by atoms with Crippen LogP contribution in [0.1, 0.15) is 11.1 Å². The number of hydrogen-bond acceptors (Lipinski definition) is 3. The van der Waals surface area contributed by atoms with Crippen molar-refractivity contribution < 1.29 is 4.79 Å². The molecule has 4 aromatic carbocycles. The minimum atomic E-state index is -0.187. The van der Waals surface area contributed by atoms with Crippen LogP contribution in [0, 0.1) is 6.92 Å². The Morgan fingerprint density at radius 2 is 1.58 bits per heavy atom. The lowest BCUT2D eigenvalue weighted by molar-refractivity contribution is -0.111. The average Bonchev–Trinajstić information content (AvgIpc) is 3.20. The monoisotopic (exact) mass is 404 g/mol. The SMILES string of the molecule is Cc1cc2nn(-c3cccc4ccccc34)nc2cc1NC(=O)/C=C/c1ccccc1. The van der Waals surface area contributed by atoms with Gasteiger partial charge >= 0.3 is 0 Å². The zero-order valence-electron chi connectivity index (χ0n) is 17.0. The van der Waals surface area contributed by atoms with E-state index in [2.05, 4.69) is 33.7 Å². The molecule has 0 saturated heterocycles. The highest BCUT2D eigenvalue weighted by atomic mass is 16.1. The first-order chi connectivity index (χ1) is 15.2. The lowest BCUT2D eigenvalue weighted by Crippen LogP contribution is -2.08. The van der Waals surface area contributed by atoms with Gasteiger partial charge in [-0.3, -0.25) is 4.79 Å². The van der Waals surface area contributed by atoms with E-state index in [9.17, 15) is 4.79 Å². The van der Waals surface area contributed by atoms with Gasteiger partial charge in [0.25, 0.3) is 0 Å². The molecule has 0 unspecified atom stereocenters. The number of aromatic nitrogens is 3. The number of nitrogens with zero attached hydrogens (tertiary/aromatic N) is 3. The first-order valence-electron chi connectivity index (χ1n) is 10.1. The van der Waals surface area contributed by atoms with Crippen molar-refractivity contribution in [2.45, 2.75) is 6.92 Å². The number of carbonyl (C=O) groups excluding carboxylic acids is 1. The van der Waals surface area contributed by atoms with Gasteiger partial charge in [0.05, 0.1) is 5.69 Å². The third kappa shape index (κ3) is 3.81. The zero-order valence-corrected chi connectivity index (χ0v) is 17.0. The summed E-state index contributed by atoms with van der Waals surface area (Å²) < 4.78 is 0. The van der Waals surface area contributed by atoms with Crippen molar-refractivity contribution >= 4 is 39.5 Å². The smallest absolute Gasteiger partial charge is 0.248 e. The molecule has 0 fully saturated rings. The largest absolute Gasteiger partial charge is 0.322 e. The van der Waals surface area contributed by atoms with Gasteiger partial charge in [0.2, 0.25) is 5.91 Å². The lowest BCUT2D eigenvalue weighted by atomic mass is 10.1. The Morgan fingerprint density at radius 3 is 2.42 bits per heavy atom. The molecule has 1 N–H and O–H groups in total. The highest BCUT2D eigenvalue weighted by molar-refractivity contribution is 6.03. The first kappa shape index (κ1) is 18.8. The van der Waals surface area contributed by atoms with E-state index >= 15 is 0 Å². The van der Waals surface area contributed by atoms with Crippen LogP contribution in [0.4, 0.5) is 5.69 Å². The van der Waals surface area contributed by atoms with Gasteiger partial charge in [-0.1, -0.05) is 66.7 Å². The van der Waals surface area contributed by atoms with Crippen LogP contribution < -0.4 is 5.32 Å². The summed E-state index contributed by atoms with van der Waals surface area (Å²) in [5.74, 6) is -0.187. The molecule has 0 aliphatic carbocycles. The molecule has 1 aromatic heterocycles. The van der Waals surface area contributed by atoms with E-state index in [1.807, 2.05) is 73.7 Å². The van der Waals surface area contributed by atoms with Crippen molar-refractivity contribution in [2.75, 3.05) is 5.32 Å². The fraction of sp³-hybridized carbons (Fsp3) is 0.0385. The molecule has 0 atom stereocenters. The molecular formula is C26H20N4O. The van der Waals surface area contributed by atoms with Crippen molar-refractivity contribution in [3.8, 4) is 5.69 Å². The Kier molecular flexibility index (Phi) is 4.77. The summed E-state index contributed by atoms with van der Waals surface area (Å²) in [6.45, 7) is 1.95. The summed E-state index contributed by atoms with van der Waals surface area (Å²) in [6, 6.07) is 27.8. The number of anilines is 1. The number of carbonyl (C=O) groups is 1. The molecular weight excluding hydrogens is 384 g/mol. The average molecular weight is 404 g/mol. The second-order valence-corrected chi connectivity index (χ2v) is 7.38. The maximum Gasteiger partial charge on any atom is 0.248 e. The summed E-state index contributed by atoms with van der Waals surface area (Å²) in [4.78, 5) is 14.1. The fourth-order valence-corrected chi connectivity index (χ4v) is 3.60. The number of nitrogens with one attached hydrogen (secondary N) is 1. The molecule has 0 aliphatic rings. The molecule has 0 aliphatic heterocycles. The predicted octanol–water partition coefficient (Wildman–Crippen LogP) is 5.53. The number of aryl methyl sites for hydroxylation is 1. The molecule has 150 valence electrons. The standard InChI is InChI=1S/C26H20N4O/c1-18-16-23-24(17-22(18)27-26(31)15-14-19-8-3-2-4-9-19)29-30(28-23)25-13-7-11-20-10-5-6-12-21(20)25/h2-17H,1H3,(H,27,31)/b15-14+.